The molecule has 1 aliphatic rings. The molecule has 4 rings (SSSR count). The molecule has 1 aromatic heterocycles. The first-order chi connectivity index (χ1) is 13.2. The van der Waals surface area contributed by atoms with Crippen molar-refractivity contribution in [1.29, 1.82) is 0 Å². The number of benzene rings is 2. The van der Waals surface area contributed by atoms with Gasteiger partial charge in [0.2, 0.25) is 11.9 Å². The number of hydrogen-bond donors (Lipinski definition) is 1. The van der Waals surface area contributed by atoms with Gasteiger partial charge in [0.05, 0.1) is 10.9 Å². The minimum Gasteiger partial charge on any atom is -0.341 e. The molecule has 0 radical (unpaired) electrons. The summed E-state index contributed by atoms with van der Waals surface area (Å²) in [6.45, 7) is 1.68. The van der Waals surface area contributed by atoms with Gasteiger partial charge in [0.25, 0.3) is 5.56 Å². The number of rotatable bonds is 5. The number of aryl methyl sites for hydroxylation is 1. The normalized spacial score (nSPS) is 13.9. The molecule has 3 aromatic rings. The van der Waals surface area contributed by atoms with Crippen LogP contribution in [-0.2, 0) is 11.2 Å². The van der Waals surface area contributed by atoms with E-state index >= 15 is 0 Å². The van der Waals surface area contributed by atoms with Crippen LogP contribution in [-0.4, -0.2) is 28.7 Å². The third-order valence-electron chi connectivity index (χ3n) is 4.87. The summed E-state index contributed by atoms with van der Waals surface area (Å²) in [5.74, 6) is 0.322. The predicted octanol–water partition coefficient (Wildman–Crippen LogP) is 2.70. The lowest BCUT2D eigenvalue weighted by Crippen LogP contribution is -2.38. The molecule has 138 valence electrons. The number of carbonyl (C=O) groups excluding carboxylic acids is 1. The molecule has 0 saturated carbocycles. The van der Waals surface area contributed by atoms with Crippen molar-refractivity contribution in [1.82, 2.24) is 9.66 Å². The summed E-state index contributed by atoms with van der Waals surface area (Å²) < 4.78 is 1.32. The van der Waals surface area contributed by atoms with Gasteiger partial charge < -0.3 is 4.90 Å². The molecule has 0 aliphatic carbocycles. The fourth-order valence-corrected chi connectivity index (χ4v) is 3.43. The molecule has 0 atom stereocenters. The summed E-state index contributed by atoms with van der Waals surface area (Å²) in [4.78, 5) is 32.2. The van der Waals surface area contributed by atoms with E-state index < -0.39 is 0 Å². The Kier molecular flexibility index (Phi) is 4.87. The Morgan fingerprint density at radius 2 is 1.70 bits per heavy atom. The van der Waals surface area contributed by atoms with Gasteiger partial charge in [0.1, 0.15) is 0 Å². The molecule has 2 aromatic carbocycles. The van der Waals surface area contributed by atoms with Crippen molar-refractivity contribution < 1.29 is 4.79 Å². The monoisotopic (exact) mass is 362 g/mol. The van der Waals surface area contributed by atoms with Crippen molar-refractivity contribution in [2.75, 3.05) is 23.4 Å². The van der Waals surface area contributed by atoms with Gasteiger partial charge in [-0.25, -0.2) is 4.98 Å². The van der Waals surface area contributed by atoms with Crippen molar-refractivity contribution in [2.45, 2.75) is 25.7 Å². The van der Waals surface area contributed by atoms with E-state index in [1.807, 2.05) is 48.5 Å². The number of aromatic nitrogens is 2. The second-order valence-corrected chi connectivity index (χ2v) is 6.78. The lowest BCUT2D eigenvalue weighted by Gasteiger charge is -2.22. The van der Waals surface area contributed by atoms with Crippen LogP contribution >= 0.6 is 0 Å². The zero-order chi connectivity index (χ0) is 18.6. The number of nitrogens with one attached hydrogen (secondary N) is 1. The lowest BCUT2D eigenvalue weighted by atomic mass is 10.1. The number of hydrogen-bond acceptors (Lipinski definition) is 4. The first-order valence-electron chi connectivity index (χ1n) is 9.33. The standard InChI is InChI=1S/C21H22N4O2/c26-19(13-12-16-8-2-1-3-9-16)23-25-20(27)17-10-4-5-11-18(17)22-21(25)24-14-6-7-15-24/h1-5,8-11H,6-7,12-15H2,(H,23,26). The summed E-state index contributed by atoms with van der Waals surface area (Å²) in [5.41, 5.74) is 4.28. The van der Waals surface area contributed by atoms with E-state index in [1.165, 1.54) is 4.68 Å². The SMILES string of the molecule is O=C(CCc1ccccc1)Nn1c(N2CCCC2)nc2ccccc2c1=O. The van der Waals surface area contributed by atoms with E-state index in [0.29, 0.717) is 29.7 Å². The van der Waals surface area contributed by atoms with Crippen LogP contribution in [0, 0.1) is 0 Å². The topological polar surface area (TPSA) is 67.2 Å². The number of amides is 1. The molecule has 6 heteroatoms. The van der Waals surface area contributed by atoms with Crippen LogP contribution < -0.4 is 15.9 Å². The number of para-hydroxylation sites is 1. The van der Waals surface area contributed by atoms with Crippen molar-refractivity contribution in [3.8, 4) is 0 Å². The Bertz CT molecular complexity index is 1010. The molecule has 1 N–H and O–H groups in total. The first-order valence-corrected chi connectivity index (χ1v) is 9.33. The maximum Gasteiger partial charge on any atom is 0.281 e. The van der Waals surface area contributed by atoms with Gasteiger partial charge >= 0.3 is 0 Å². The van der Waals surface area contributed by atoms with Gasteiger partial charge in [0, 0.05) is 19.5 Å². The maximum absolute atomic E-state index is 13.0. The Morgan fingerprint density at radius 1 is 1.00 bits per heavy atom. The zero-order valence-electron chi connectivity index (χ0n) is 15.1. The van der Waals surface area contributed by atoms with Crippen LogP contribution in [0.1, 0.15) is 24.8 Å². The van der Waals surface area contributed by atoms with Crippen LogP contribution in [0.25, 0.3) is 10.9 Å². The zero-order valence-corrected chi connectivity index (χ0v) is 15.1. The quantitative estimate of drug-likeness (QED) is 0.758. The van der Waals surface area contributed by atoms with E-state index in [0.717, 1.165) is 31.5 Å². The van der Waals surface area contributed by atoms with Gasteiger partial charge in [0.15, 0.2) is 0 Å². The molecule has 27 heavy (non-hydrogen) atoms. The third-order valence-corrected chi connectivity index (χ3v) is 4.87. The maximum atomic E-state index is 13.0. The summed E-state index contributed by atoms with van der Waals surface area (Å²) in [6.07, 6.45) is 3.06. The smallest absolute Gasteiger partial charge is 0.281 e. The van der Waals surface area contributed by atoms with E-state index in [1.54, 1.807) is 6.07 Å². The molecule has 1 aliphatic heterocycles. The molecule has 0 unspecified atom stereocenters. The number of nitrogens with zero attached hydrogens (tertiary/aromatic N) is 3. The van der Waals surface area contributed by atoms with E-state index in [4.69, 9.17) is 0 Å². The van der Waals surface area contributed by atoms with Crippen molar-refractivity contribution in [3.05, 3.63) is 70.5 Å². The van der Waals surface area contributed by atoms with Gasteiger partial charge in [-0.05, 0) is 37.0 Å². The largest absolute Gasteiger partial charge is 0.341 e. The average Bonchev–Trinajstić information content (AvgIpc) is 3.24. The summed E-state index contributed by atoms with van der Waals surface area (Å²) >= 11 is 0. The van der Waals surface area contributed by atoms with Crippen LogP contribution in [0.4, 0.5) is 5.95 Å². The molecular weight excluding hydrogens is 340 g/mol. The van der Waals surface area contributed by atoms with Crippen molar-refractivity contribution >= 4 is 22.8 Å². The van der Waals surface area contributed by atoms with Gasteiger partial charge in [-0.2, -0.15) is 4.68 Å². The van der Waals surface area contributed by atoms with Crippen LogP contribution in [0.2, 0.25) is 0 Å². The van der Waals surface area contributed by atoms with E-state index in [-0.39, 0.29) is 11.5 Å². The predicted molar refractivity (Wildman–Crippen MR) is 107 cm³/mol. The molecule has 0 spiro atoms. The highest BCUT2D eigenvalue weighted by Crippen LogP contribution is 2.19. The number of carbonyl (C=O) groups is 1. The van der Waals surface area contributed by atoms with E-state index in [9.17, 15) is 9.59 Å². The van der Waals surface area contributed by atoms with E-state index in [2.05, 4.69) is 15.3 Å². The van der Waals surface area contributed by atoms with Gasteiger partial charge in [-0.3, -0.25) is 15.0 Å². The van der Waals surface area contributed by atoms with Gasteiger partial charge in [-0.1, -0.05) is 42.5 Å². The van der Waals surface area contributed by atoms with Gasteiger partial charge in [-0.15, -0.1) is 0 Å². The Balaban J connectivity index is 1.62. The van der Waals surface area contributed by atoms with Crippen molar-refractivity contribution in [3.63, 3.8) is 0 Å². The fourth-order valence-electron chi connectivity index (χ4n) is 3.43. The minimum absolute atomic E-state index is 0.196. The Morgan fingerprint density at radius 3 is 2.48 bits per heavy atom. The number of anilines is 1. The fraction of sp³-hybridized carbons (Fsp3) is 0.286. The molecule has 2 heterocycles. The molecule has 6 nitrogen and oxygen atoms in total. The second-order valence-electron chi connectivity index (χ2n) is 6.78. The average molecular weight is 362 g/mol. The van der Waals surface area contributed by atoms with Crippen molar-refractivity contribution in [2.24, 2.45) is 0 Å². The third kappa shape index (κ3) is 3.69. The lowest BCUT2D eigenvalue weighted by molar-refractivity contribution is -0.117. The Hall–Kier alpha value is -3.15. The summed E-state index contributed by atoms with van der Waals surface area (Å²) in [6, 6.07) is 17.1. The number of fused-ring (bicyclic) bond motifs is 1. The van der Waals surface area contributed by atoms with Crippen LogP contribution in [0.15, 0.2) is 59.4 Å². The Labute approximate surface area is 157 Å². The molecule has 1 saturated heterocycles. The highest BCUT2D eigenvalue weighted by atomic mass is 16.2. The summed E-state index contributed by atoms with van der Waals surface area (Å²) in [5, 5.41) is 0.504. The second kappa shape index (κ2) is 7.61. The molecule has 1 amide bonds. The van der Waals surface area contributed by atoms with Crippen LogP contribution in [0.5, 0.6) is 0 Å². The minimum atomic E-state index is -0.240. The molecule has 1 fully saturated rings. The highest BCUT2D eigenvalue weighted by Gasteiger charge is 2.21. The van der Waals surface area contributed by atoms with Crippen LogP contribution in [0.3, 0.4) is 0 Å². The highest BCUT2D eigenvalue weighted by molar-refractivity contribution is 5.85. The molecular formula is C21H22N4O2. The molecule has 0 bridgehead atoms. The first kappa shape index (κ1) is 17.3. The summed E-state index contributed by atoms with van der Waals surface area (Å²) in [7, 11) is 0.